The molecule has 0 N–H and O–H groups in total. The zero-order chi connectivity index (χ0) is 27.2. The minimum Gasteiger partial charge on any atom is -0.497 e. The third kappa shape index (κ3) is 5.50. The number of benzene rings is 4. The lowest BCUT2D eigenvalue weighted by Gasteiger charge is -2.38. The molecule has 4 aromatic rings. The molecule has 38 heavy (non-hydrogen) atoms. The van der Waals surface area contributed by atoms with Crippen LogP contribution in [0.1, 0.15) is 48.9 Å². The summed E-state index contributed by atoms with van der Waals surface area (Å²) in [5.74, 6) is 3.42. The molecule has 0 amide bonds. The van der Waals surface area contributed by atoms with E-state index in [0.717, 1.165) is 35.8 Å². The Kier molecular flexibility index (Phi) is 8.31. The first kappa shape index (κ1) is 27.1. The van der Waals surface area contributed by atoms with Gasteiger partial charge in [-0.2, -0.15) is 0 Å². The Labute approximate surface area is 227 Å². The molecule has 198 valence electrons. The van der Waals surface area contributed by atoms with Gasteiger partial charge < -0.3 is 18.9 Å². The summed E-state index contributed by atoms with van der Waals surface area (Å²) < 4.78 is 21.8. The first-order valence-corrected chi connectivity index (χ1v) is 12.9. The fraction of sp³-hybridized carbons (Fsp3) is 0.294. The Morgan fingerprint density at radius 2 is 0.553 bits per heavy atom. The number of methoxy groups -OCH3 is 4. The minimum absolute atomic E-state index is 0.237. The second kappa shape index (κ2) is 11.6. The van der Waals surface area contributed by atoms with E-state index in [1.54, 1.807) is 28.4 Å². The second-order valence-electron chi connectivity index (χ2n) is 10.1. The molecular formula is C34H38O4. The maximum atomic E-state index is 5.45. The maximum absolute atomic E-state index is 5.45. The molecule has 0 aliphatic heterocycles. The summed E-state index contributed by atoms with van der Waals surface area (Å²) in [6, 6.07) is 33.8. The Balaban J connectivity index is 1.78. The number of rotatable bonds is 11. The zero-order valence-corrected chi connectivity index (χ0v) is 23.3. The first-order chi connectivity index (χ1) is 18.4. The van der Waals surface area contributed by atoms with Crippen LogP contribution in [0.25, 0.3) is 0 Å². The van der Waals surface area contributed by atoms with E-state index in [-0.39, 0.29) is 10.8 Å². The third-order valence-electron chi connectivity index (χ3n) is 8.03. The molecule has 0 fully saturated rings. The van der Waals surface area contributed by atoms with Crippen LogP contribution < -0.4 is 18.9 Å². The van der Waals surface area contributed by atoms with Crippen LogP contribution in [-0.4, -0.2) is 28.4 Å². The zero-order valence-electron chi connectivity index (χ0n) is 23.3. The molecule has 0 radical (unpaired) electrons. The minimum atomic E-state index is -0.237. The molecular weight excluding hydrogens is 472 g/mol. The van der Waals surface area contributed by atoms with Crippen LogP contribution in [0, 0.1) is 0 Å². The van der Waals surface area contributed by atoms with Gasteiger partial charge in [-0.25, -0.2) is 0 Å². The lowest BCUT2D eigenvalue weighted by molar-refractivity contribution is 0.400. The van der Waals surface area contributed by atoms with Gasteiger partial charge in [-0.3, -0.25) is 0 Å². The Hall–Kier alpha value is -3.92. The van der Waals surface area contributed by atoms with Gasteiger partial charge in [0.15, 0.2) is 0 Å². The molecule has 0 spiro atoms. The van der Waals surface area contributed by atoms with Crippen molar-refractivity contribution in [2.24, 2.45) is 0 Å². The van der Waals surface area contributed by atoms with E-state index in [2.05, 4.69) is 62.4 Å². The maximum Gasteiger partial charge on any atom is 0.118 e. The van der Waals surface area contributed by atoms with Gasteiger partial charge in [0.25, 0.3) is 0 Å². The van der Waals surface area contributed by atoms with Crippen molar-refractivity contribution >= 4 is 0 Å². The molecule has 4 nitrogen and oxygen atoms in total. The van der Waals surface area contributed by atoms with Crippen molar-refractivity contribution in [3.8, 4) is 23.0 Å². The summed E-state index contributed by atoms with van der Waals surface area (Å²) >= 11 is 0. The lowest BCUT2D eigenvalue weighted by atomic mass is 9.66. The number of hydrogen-bond donors (Lipinski definition) is 0. The second-order valence-corrected chi connectivity index (χ2v) is 10.1. The smallest absolute Gasteiger partial charge is 0.118 e. The van der Waals surface area contributed by atoms with E-state index in [4.69, 9.17) is 18.9 Å². The van der Waals surface area contributed by atoms with Gasteiger partial charge in [0.2, 0.25) is 0 Å². The highest BCUT2D eigenvalue weighted by Gasteiger charge is 2.35. The largest absolute Gasteiger partial charge is 0.497 e. The molecule has 0 aromatic heterocycles. The molecule has 0 heterocycles. The van der Waals surface area contributed by atoms with Crippen LogP contribution in [0.15, 0.2) is 97.1 Å². The van der Waals surface area contributed by atoms with Crippen LogP contribution in [0.2, 0.25) is 0 Å². The molecule has 0 atom stereocenters. The van der Waals surface area contributed by atoms with Crippen molar-refractivity contribution in [2.75, 3.05) is 28.4 Å². The predicted octanol–water partition coefficient (Wildman–Crippen LogP) is 7.81. The monoisotopic (exact) mass is 510 g/mol. The molecule has 4 rings (SSSR count). The van der Waals surface area contributed by atoms with E-state index < -0.39 is 0 Å². The SMILES string of the molecule is COc1ccc(C(C)(CCC(C)(c2ccc(OC)cc2)c2ccc(OC)cc2)c2ccc(OC)cc2)cc1. The van der Waals surface area contributed by atoms with Crippen molar-refractivity contribution < 1.29 is 18.9 Å². The molecule has 0 aliphatic rings. The van der Waals surface area contributed by atoms with E-state index in [1.165, 1.54) is 22.3 Å². The van der Waals surface area contributed by atoms with Gasteiger partial charge in [-0.15, -0.1) is 0 Å². The molecule has 4 heteroatoms. The van der Waals surface area contributed by atoms with E-state index in [9.17, 15) is 0 Å². The van der Waals surface area contributed by atoms with Gasteiger partial charge in [-0.1, -0.05) is 62.4 Å². The van der Waals surface area contributed by atoms with Gasteiger partial charge in [0.05, 0.1) is 28.4 Å². The normalized spacial score (nSPS) is 11.6. The van der Waals surface area contributed by atoms with E-state index in [1.807, 2.05) is 48.5 Å². The Morgan fingerprint density at radius 3 is 0.711 bits per heavy atom. The highest BCUT2D eigenvalue weighted by molar-refractivity contribution is 5.45. The van der Waals surface area contributed by atoms with Gasteiger partial charge in [-0.05, 0) is 83.6 Å². The number of ether oxygens (including phenoxy) is 4. The average molecular weight is 511 g/mol. The fourth-order valence-electron chi connectivity index (χ4n) is 5.25. The summed E-state index contributed by atoms with van der Waals surface area (Å²) in [7, 11) is 6.80. The quantitative estimate of drug-likeness (QED) is 0.206. The standard InChI is InChI=1S/C34H38O4/c1-33(25-7-15-29(35-3)16-8-25,26-9-17-30(36-4)18-10-26)23-24-34(2,27-11-19-31(37-5)20-12-27)28-13-21-32(38-6)22-14-28/h7-22H,23-24H2,1-6H3. The predicted molar refractivity (Wildman–Crippen MR) is 154 cm³/mol. The van der Waals surface area contributed by atoms with Crippen molar-refractivity contribution in [2.45, 2.75) is 37.5 Å². The highest BCUT2D eigenvalue weighted by atomic mass is 16.5. The molecule has 0 saturated heterocycles. The number of hydrogen-bond acceptors (Lipinski definition) is 4. The molecule has 4 aromatic carbocycles. The van der Waals surface area contributed by atoms with Crippen LogP contribution in [0.3, 0.4) is 0 Å². The van der Waals surface area contributed by atoms with Crippen molar-refractivity contribution in [1.82, 2.24) is 0 Å². The van der Waals surface area contributed by atoms with E-state index >= 15 is 0 Å². The van der Waals surface area contributed by atoms with Gasteiger partial charge >= 0.3 is 0 Å². The van der Waals surface area contributed by atoms with Crippen LogP contribution in [0.4, 0.5) is 0 Å². The van der Waals surface area contributed by atoms with Crippen LogP contribution in [-0.2, 0) is 10.8 Å². The molecule has 0 unspecified atom stereocenters. The van der Waals surface area contributed by atoms with Gasteiger partial charge in [0, 0.05) is 10.8 Å². The Morgan fingerprint density at radius 1 is 0.368 bits per heavy atom. The molecule has 0 saturated carbocycles. The van der Waals surface area contributed by atoms with Crippen molar-refractivity contribution in [3.63, 3.8) is 0 Å². The summed E-state index contributed by atoms with van der Waals surface area (Å²) in [5, 5.41) is 0. The van der Waals surface area contributed by atoms with Gasteiger partial charge in [0.1, 0.15) is 23.0 Å². The van der Waals surface area contributed by atoms with Crippen LogP contribution in [0.5, 0.6) is 23.0 Å². The molecule has 0 aliphatic carbocycles. The molecule has 0 bridgehead atoms. The van der Waals surface area contributed by atoms with Crippen LogP contribution >= 0.6 is 0 Å². The lowest BCUT2D eigenvalue weighted by Crippen LogP contribution is -2.30. The summed E-state index contributed by atoms with van der Waals surface area (Å²) in [5.41, 5.74) is 4.51. The fourth-order valence-corrected chi connectivity index (χ4v) is 5.25. The van der Waals surface area contributed by atoms with Crippen molar-refractivity contribution in [3.05, 3.63) is 119 Å². The third-order valence-corrected chi connectivity index (χ3v) is 8.03. The summed E-state index contributed by atoms with van der Waals surface area (Å²) in [6.07, 6.45) is 1.83. The highest BCUT2D eigenvalue weighted by Crippen LogP contribution is 2.44. The first-order valence-electron chi connectivity index (χ1n) is 12.9. The topological polar surface area (TPSA) is 36.9 Å². The summed E-state index contributed by atoms with van der Waals surface area (Å²) in [6.45, 7) is 4.66. The van der Waals surface area contributed by atoms with Crippen molar-refractivity contribution in [1.29, 1.82) is 0 Å². The average Bonchev–Trinajstić information content (AvgIpc) is 2.99. The Bertz CT molecular complexity index is 1090. The summed E-state index contributed by atoms with van der Waals surface area (Å²) in [4.78, 5) is 0. The van der Waals surface area contributed by atoms with E-state index in [0.29, 0.717) is 0 Å².